The average molecular weight is 1270 g/mol. The van der Waals surface area contributed by atoms with Gasteiger partial charge in [-0.3, -0.25) is 33.7 Å². The third-order valence-corrected chi connectivity index (χ3v) is 19.9. The molecule has 93 heavy (non-hydrogen) atoms. The van der Waals surface area contributed by atoms with Crippen LogP contribution in [0.5, 0.6) is 0 Å². The van der Waals surface area contributed by atoms with Crippen LogP contribution in [0.4, 0.5) is 28.3 Å². The molecule has 6 saturated heterocycles. The zero-order valence-electron chi connectivity index (χ0n) is 54.4. The summed E-state index contributed by atoms with van der Waals surface area (Å²) < 4.78 is 9.73. The van der Waals surface area contributed by atoms with E-state index in [-0.39, 0.29) is 77.7 Å². The number of fused-ring (bicyclic) bond motifs is 6. The molecule has 12 heterocycles. The molecule has 6 aromatic rings. The number of nitrogens with zero attached hydrogens (tertiary/aromatic N) is 15. The molecule has 492 valence electrons. The van der Waals surface area contributed by atoms with Crippen LogP contribution in [0.15, 0.2) is 61.2 Å². The summed E-state index contributed by atoms with van der Waals surface area (Å²) in [6.07, 6.45) is 21.5. The molecule has 14 rings (SSSR count). The number of nitrogens with one attached hydrogen (secondary N) is 3. The predicted octanol–water partition coefficient (Wildman–Crippen LogP) is 7.56. The Morgan fingerprint density at radius 3 is 1.38 bits per heavy atom. The van der Waals surface area contributed by atoms with E-state index in [1.54, 1.807) is 91.9 Å². The van der Waals surface area contributed by atoms with E-state index in [1.165, 1.54) is 0 Å². The van der Waals surface area contributed by atoms with E-state index in [9.17, 15) is 33.6 Å². The maximum Gasteiger partial charge on any atom is 0.410 e. The number of anilines is 4. The average Bonchev–Trinajstić information content (AvgIpc) is 1.67. The van der Waals surface area contributed by atoms with E-state index >= 15 is 0 Å². The first-order valence-corrected chi connectivity index (χ1v) is 33.4. The molecule has 0 radical (unpaired) electrons. The van der Waals surface area contributed by atoms with Gasteiger partial charge in [0, 0.05) is 133 Å². The van der Waals surface area contributed by atoms with Gasteiger partial charge < -0.3 is 59.2 Å². The molecule has 8 aliphatic rings. The van der Waals surface area contributed by atoms with Crippen molar-refractivity contribution in [2.24, 2.45) is 0 Å². The van der Waals surface area contributed by atoms with Gasteiger partial charge in [0.15, 0.2) is 0 Å². The molecule has 2 saturated carbocycles. The Morgan fingerprint density at radius 2 is 0.978 bits per heavy atom. The van der Waals surface area contributed by atoms with Crippen LogP contribution in [0.1, 0.15) is 177 Å². The Morgan fingerprint density at radius 1 is 0.527 bits per heavy atom. The molecule has 2 aliphatic carbocycles. The van der Waals surface area contributed by atoms with Crippen molar-refractivity contribution >= 4 is 87.1 Å². The number of carbonyl (C=O) groups is 7. The van der Waals surface area contributed by atoms with E-state index in [0.29, 0.717) is 90.8 Å². The smallest absolute Gasteiger partial charge is 0.410 e. The van der Waals surface area contributed by atoms with Crippen molar-refractivity contribution in [3.63, 3.8) is 0 Å². The number of carbonyl (C=O) groups excluding carboxylic acids is 7. The van der Waals surface area contributed by atoms with Gasteiger partial charge in [0.05, 0.1) is 17.2 Å². The molecule has 6 atom stereocenters. The Hall–Kier alpha value is -8.81. The number of piperazine rings is 2. The second-order valence-electron chi connectivity index (χ2n) is 27.8. The van der Waals surface area contributed by atoms with Crippen molar-refractivity contribution in [1.29, 1.82) is 0 Å². The lowest BCUT2D eigenvalue weighted by Gasteiger charge is -2.43. The number of rotatable bonds is 12. The van der Waals surface area contributed by atoms with Crippen molar-refractivity contribution in [2.45, 2.75) is 177 Å². The summed E-state index contributed by atoms with van der Waals surface area (Å²) in [6.45, 7) is 8.86. The summed E-state index contributed by atoms with van der Waals surface area (Å²) >= 11 is 0. The van der Waals surface area contributed by atoms with Crippen LogP contribution in [0.2, 0.25) is 0 Å². The molecule has 6 unspecified atom stereocenters. The Kier molecular flexibility index (Phi) is 17.6. The summed E-state index contributed by atoms with van der Waals surface area (Å²) in [5.74, 6) is 1.61. The molecule has 26 nitrogen and oxygen atoms in total. The second-order valence-corrected chi connectivity index (χ2v) is 27.8. The van der Waals surface area contributed by atoms with E-state index in [1.807, 2.05) is 47.6 Å². The van der Waals surface area contributed by atoms with Crippen LogP contribution in [-0.2, 0) is 14.3 Å². The first-order valence-electron chi connectivity index (χ1n) is 33.4. The topological polar surface area (TPSA) is 275 Å². The molecule has 0 aromatic carbocycles. The monoisotopic (exact) mass is 1270 g/mol. The molecule has 6 aliphatic heterocycles. The van der Waals surface area contributed by atoms with Gasteiger partial charge in [-0.1, -0.05) is 25.7 Å². The highest BCUT2D eigenvalue weighted by Crippen LogP contribution is 2.39. The zero-order chi connectivity index (χ0) is 65.0. The fraction of sp³-hybridized carbons (Fsp3) is 0.567. The van der Waals surface area contributed by atoms with Crippen molar-refractivity contribution in [1.82, 2.24) is 78.7 Å². The quantitative estimate of drug-likeness (QED) is 0.107. The Bertz CT molecular complexity index is 3800. The van der Waals surface area contributed by atoms with Crippen LogP contribution in [0, 0.1) is 0 Å². The van der Waals surface area contributed by atoms with Crippen molar-refractivity contribution in [3.8, 4) is 0 Å². The summed E-state index contributed by atoms with van der Waals surface area (Å²) in [5.41, 5.74) is 3.03. The van der Waals surface area contributed by atoms with Crippen LogP contribution in [0.3, 0.4) is 0 Å². The second kappa shape index (κ2) is 25.9. The van der Waals surface area contributed by atoms with Gasteiger partial charge in [-0.25, -0.2) is 24.7 Å². The first kappa shape index (κ1) is 63.0. The summed E-state index contributed by atoms with van der Waals surface area (Å²) in [7, 11) is 7.03. The van der Waals surface area contributed by atoms with Gasteiger partial charge in [0.1, 0.15) is 46.0 Å². The molecule has 4 bridgehead atoms. The third kappa shape index (κ3) is 12.8. The lowest BCUT2D eigenvalue weighted by Crippen LogP contribution is -2.60. The van der Waals surface area contributed by atoms with E-state index in [4.69, 9.17) is 14.7 Å². The number of hydrogen-bond donors (Lipinski definition) is 3. The fourth-order valence-corrected chi connectivity index (χ4v) is 15.4. The maximum atomic E-state index is 13.8. The normalized spacial score (nSPS) is 23.0. The maximum absolute atomic E-state index is 13.8. The van der Waals surface area contributed by atoms with E-state index < -0.39 is 17.7 Å². The predicted molar refractivity (Wildman–Crippen MR) is 347 cm³/mol. The fourth-order valence-electron chi connectivity index (χ4n) is 15.4. The largest absolute Gasteiger partial charge is 0.444 e. The van der Waals surface area contributed by atoms with Gasteiger partial charge in [0.25, 0.3) is 23.6 Å². The minimum atomic E-state index is -0.635. The number of aromatic nitrogens is 8. The van der Waals surface area contributed by atoms with Gasteiger partial charge in [-0.2, -0.15) is 9.97 Å². The third-order valence-electron chi connectivity index (χ3n) is 19.9. The van der Waals surface area contributed by atoms with Gasteiger partial charge in [-0.05, 0) is 141 Å². The van der Waals surface area contributed by atoms with Crippen molar-refractivity contribution < 1.29 is 38.3 Å². The van der Waals surface area contributed by atoms with Gasteiger partial charge >= 0.3 is 6.09 Å². The summed E-state index contributed by atoms with van der Waals surface area (Å²) in [6, 6.07) is 10.6. The van der Waals surface area contributed by atoms with Crippen LogP contribution < -0.4 is 16.0 Å². The summed E-state index contributed by atoms with van der Waals surface area (Å²) in [5, 5.41) is 11.3. The molecule has 6 aromatic heterocycles. The Balaban J connectivity index is 0.000000171. The van der Waals surface area contributed by atoms with Crippen LogP contribution in [-0.4, -0.2) is 224 Å². The van der Waals surface area contributed by atoms with Crippen LogP contribution in [0.25, 0.3) is 22.1 Å². The highest BCUT2D eigenvalue weighted by atomic mass is 16.6. The SMILES string of the molecule is CN(C)C(=O)c1cc2cnc(Nc3ccc(C(=O)N4CC5CCC(C4)N5C(=O)C4CCCN4)cn3)nc2n1C1CCCC1.CN(C)C(=O)c1cc2cnc(Nc3ccc(C(=O)N4CC5CCC(C4)N5C(=O)C4CCCN4C(=O)OC(C)(C)C)cn3)nc2n1C1CCCC1. The number of amides is 7. The van der Waals surface area contributed by atoms with Crippen molar-refractivity contribution in [2.75, 3.05) is 78.1 Å². The van der Waals surface area contributed by atoms with Crippen molar-refractivity contribution in [3.05, 3.63) is 83.7 Å². The molecule has 3 N–H and O–H groups in total. The molecular weight excluding hydrogens is 1180 g/mol. The van der Waals surface area contributed by atoms with Crippen LogP contribution >= 0.6 is 0 Å². The molecule has 8 fully saturated rings. The lowest BCUT2D eigenvalue weighted by atomic mass is 10.1. The molecule has 0 spiro atoms. The minimum absolute atomic E-state index is 0.0403. The minimum Gasteiger partial charge on any atom is -0.444 e. The highest BCUT2D eigenvalue weighted by molar-refractivity contribution is 5.99. The molecule has 7 amide bonds. The zero-order valence-corrected chi connectivity index (χ0v) is 54.4. The summed E-state index contributed by atoms with van der Waals surface area (Å²) in [4.78, 5) is 133. The van der Waals surface area contributed by atoms with E-state index in [0.717, 1.165) is 119 Å². The standard InChI is InChI=1S/C36H47N9O5.C31H39N9O3/c1-36(2,3)50-35(49)43-16-8-11-27(43)33(48)44-25-13-14-26(44)21-42(20-25)31(46)22-12-15-29(37-18-22)39-34-38-19-23-17-28(32(47)41(4)5)45(30(23)40-34)24-9-6-7-10-24;1-37(2)30(43)25-14-20-16-34-31(36-27(20)40(25)21-6-3-4-7-21)35-26-12-9-19(15-33-26)28(41)38-17-22-10-11-23(18-38)39(22)29(42)24-8-5-13-32-24/h12,15,17-19,24-27H,6-11,13-14,16,20-21H2,1-5H3,(H,37,38,39,40);9,12,14-16,21-24,32H,3-8,10-11,13,17-18H2,1-2H3,(H,33,34,35,36). The number of ether oxygens (including phenoxy) is 1. The van der Waals surface area contributed by atoms with E-state index in [2.05, 4.69) is 49.9 Å². The lowest BCUT2D eigenvalue weighted by molar-refractivity contribution is -0.141. The Labute approximate surface area is 541 Å². The number of pyridine rings is 2. The van der Waals surface area contributed by atoms with Gasteiger partial charge in [-0.15, -0.1) is 0 Å². The highest BCUT2D eigenvalue weighted by Gasteiger charge is 2.49. The number of likely N-dealkylation sites (tertiary alicyclic amines) is 3. The first-order chi connectivity index (χ1) is 44.7. The molecule has 26 heteroatoms. The van der Waals surface area contributed by atoms with Gasteiger partial charge in [0.2, 0.25) is 23.7 Å². The molecular formula is C67H86N18O8. The number of hydrogen-bond acceptors (Lipinski definition) is 17.